The quantitative estimate of drug-likeness (QED) is 0.100. The van der Waals surface area contributed by atoms with Crippen LogP contribution >= 0.6 is 0 Å². The molecule has 4 aliphatic heterocycles. The van der Waals surface area contributed by atoms with E-state index < -0.39 is 24.7 Å². The Morgan fingerprint density at radius 2 is 0.880 bits per heavy atom. The number of likely N-dealkylation sites (tertiary alicyclic amines) is 2. The molecule has 15 nitrogen and oxygen atoms in total. The summed E-state index contributed by atoms with van der Waals surface area (Å²) in [5, 5.41) is 1.92. The fourth-order valence-corrected chi connectivity index (χ4v) is 9.29. The van der Waals surface area contributed by atoms with E-state index in [1.54, 1.807) is 41.3 Å². The number of fused-ring (bicyclic) bond motifs is 2. The Labute approximate surface area is 433 Å². The van der Waals surface area contributed by atoms with Crippen LogP contribution < -0.4 is 39.8 Å². The van der Waals surface area contributed by atoms with E-state index in [1.165, 1.54) is 0 Å². The molecule has 0 aromatic heterocycles. The highest BCUT2D eigenvalue weighted by Gasteiger charge is 2.27. The van der Waals surface area contributed by atoms with Crippen molar-refractivity contribution < 1.29 is 51.7 Å². The minimum absolute atomic E-state index is 0.00245. The number of alkyl halides is 2. The second-order valence-corrected chi connectivity index (χ2v) is 18.5. The first kappa shape index (κ1) is 51.6. The number of nitrogens with two attached hydrogens (primary N) is 1. The van der Waals surface area contributed by atoms with E-state index in [4.69, 9.17) is 24.7 Å². The van der Waals surface area contributed by atoms with Crippen LogP contribution in [0.15, 0.2) is 133 Å². The number of ether oxygens (including phenoxy) is 4. The van der Waals surface area contributed by atoms with Crippen LogP contribution in [-0.2, 0) is 17.9 Å². The Morgan fingerprint density at radius 3 is 1.28 bits per heavy atom. The Balaban J connectivity index is 0.000000185. The number of anilines is 2. The summed E-state index contributed by atoms with van der Waals surface area (Å²) in [6, 6.07) is 41.2. The van der Waals surface area contributed by atoms with E-state index in [9.17, 15) is 32.8 Å². The maximum atomic E-state index is 13.6. The van der Waals surface area contributed by atoms with E-state index in [1.807, 2.05) is 117 Å². The maximum absolute atomic E-state index is 13.6. The van der Waals surface area contributed by atoms with Gasteiger partial charge in [-0.3, -0.25) is 24.2 Å². The van der Waals surface area contributed by atoms with E-state index >= 15 is 0 Å². The zero-order chi connectivity index (χ0) is 52.3. The van der Waals surface area contributed by atoms with Gasteiger partial charge in [0.1, 0.15) is 0 Å². The summed E-state index contributed by atoms with van der Waals surface area (Å²) in [7, 11) is 0. The van der Waals surface area contributed by atoms with Crippen LogP contribution in [0.4, 0.5) is 29.7 Å². The minimum atomic E-state index is -3.18. The monoisotopic (exact) mass is 1020 g/mol. The molecule has 0 spiro atoms. The van der Waals surface area contributed by atoms with Crippen molar-refractivity contribution in [2.24, 2.45) is 5.73 Å². The van der Waals surface area contributed by atoms with Crippen LogP contribution in [0.3, 0.4) is 0 Å². The van der Waals surface area contributed by atoms with Gasteiger partial charge >= 0.3 is 18.5 Å². The lowest BCUT2D eigenvalue weighted by Gasteiger charge is -2.33. The molecule has 0 unspecified atom stereocenters. The summed E-state index contributed by atoms with van der Waals surface area (Å²) in [6.07, 6.45) is 3.05. The van der Waals surface area contributed by atoms with E-state index in [0.717, 1.165) is 108 Å². The van der Waals surface area contributed by atoms with Crippen LogP contribution in [-0.4, -0.2) is 98.6 Å². The van der Waals surface area contributed by atoms with E-state index in [-0.39, 0.29) is 50.1 Å². The fraction of sp³-hybridized carbons (Fsp3) is 0.293. The Hall–Kier alpha value is -8.31. The fourth-order valence-electron chi connectivity index (χ4n) is 9.29. The molecular formula is C58H58F2N6O9. The first-order valence-electron chi connectivity index (χ1n) is 25.1. The van der Waals surface area contributed by atoms with Gasteiger partial charge in [-0.1, -0.05) is 84.9 Å². The molecule has 0 bridgehead atoms. The van der Waals surface area contributed by atoms with Crippen LogP contribution in [0.2, 0.25) is 0 Å². The molecule has 17 heteroatoms. The first-order valence-corrected chi connectivity index (χ1v) is 25.1. The number of nitrogens with zero attached hydrogens (tertiary/aromatic N) is 4. The van der Waals surface area contributed by atoms with Gasteiger partial charge in [0.15, 0.2) is 34.6 Å². The summed E-state index contributed by atoms with van der Waals surface area (Å²) in [4.78, 5) is 69.8. The van der Waals surface area contributed by atoms with Crippen molar-refractivity contribution in [3.8, 4) is 45.3 Å². The summed E-state index contributed by atoms with van der Waals surface area (Å²) in [5.41, 5.74) is 13.6. The molecule has 5 amide bonds. The number of nitrogens with one attached hydrogen (secondary N) is 1. The van der Waals surface area contributed by atoms with Crippen LogP contribution in [0.1, 0.15) is 70.4 Å². The smallest absolute Gasteiger partial charge is 0.324 e. The Bertz CT molecular complexity index is 2980. The SMILES string of the molecule is NCC(=O)c1ccc(CN(C(=O)N2CCCCC2)c2ccc(-c3ccc4c(c3)OCO4)cc2)cc1.O=C(CNC(=O)C(F)F)c1ccc(CN(C(=O)N2CCCCC2)c2ccc(-c3ccc4c(c3)OCO4)cc2)cc1. The Morgan fingerprint density at radius 1 is 0.493 bits per heavy atom. The minimum Gasteiger partial charge on any atom is -0.454 e. The average molecular weight is 1020 g/mol. The summed E-state index contributed by atoms with van der Waals surface area (Å²) in [6.45, 7) is 3.54. The van der Waals surface area contributed by atoms with Crippen molar-refractivity contribution in [2.75, 3.05) is 62.7 Å². The average Bonchev–Trinajstić information content (AvgIpc) is 4.15. The molecule has 0 saturated carbocycles. The van der Waals surface area contributed by atoms with Gasteiger partial charge in [0.25, 0.3) is 5.91 Å². The summed E-state index contributed by atoms with van der Waals surface area (Å²) in [5.74, 6) is 0.832. The van der Waals surface area contributed by atoms with Gasteiger partial charge in [0.2, 0.25) is 13.6 Å². The molecule has 75 heavy (non-hydrogen) atoms. The predicted octanol–water partition coefficient (Wildman–Crippen LogP) is 10.1. The molecule has 0 radical (unpaired) electrons. The number of hydrogen-bond acceptors (Lipinski definition) is 10. The van der Waals surface area contributed by atoms with Gasteiger partial charge in [-0.2, -0.15) is 8.78 Å². The standard InChI is InChI=1S/C30H29F2N3O5.C28H29N3O4/c31-28(32)29(37)33-17-25(36)22-6-4-20(5-7-22)18-35(30(38)34-14-2-1-3-15-34)24-11-8-21(9-12-24)23-10-13-26-27(16-23)40-19-39-26;29-17-25(32)22-6-4-20(5-7-22)18-31(28(33)30-14-2-1-3-15-30)24-11-8-21(9-12-24)23-10-13-26-27(16-23)35-19-34-26/h4-13,16,28H,1-3,14-15,17-19H2,(H,33,37);4-13,16H,1-3,14-15,17-19,29H2. The number of piperidine rings is 2. The van der Waals surface area contributed by atoms with Crippen molar-refractivity contribution in [2.45, 2.75) is 58.0 Å². The van der Waals surface area contributed by atoms with Gasteiger partial charge in [-0.05, 0) is 120 Å². The predicted molar refractivity (Wildman–Crippen MR) is 280 cm³/mol. The zero-order valence-electron chi connectivity index (χ0n) is 41.4. The topological polar surface area (TPSA) is 173 Å². The van der Waals surface area contributed by atoms with Gasteiger partial charge in [0.05, 0.1) is 26.2 Å². The van der Waals surface area contributed by atoms with E-state index in [2.05, 4.69) is 0 Å². The number of amides is 5. The van der Waals surface area contributed by atoms with Crippen LogP contribution in [0.5, 0.6) is 23.0 Å². The van der Waals surface area contributed by atoms with Crippen LogP contribution in [0.25, 0.3) is 22.3 Å². The van der Waals surface area contributed by atoms with Gasteiger partial charge in [-0.25, -0.2) is 9.59 Å². The molecule has 2 saturated heterocycles. The van der Waals surface area contributed by atoms with Crippen molar-refractivity contribution >= 4 is 40.9 Å². The second kappa shape index (κ2) is 24.2. The lowest BCUT2D eigenvalue weighted by Crippen LogP contribution is -2.45. The number of ketones is 2. The largest absolute Gasteiger partial charge is 0.454 e. The summed E-state index contributed by atoms with van der Waals surface area (Å²) >= 11 is 0. The molecule has 388 valence electrons. The van der Waals surface area contributed by atoms with Crippen molar-refractivity contribution in [3.63, 3.8) is 0 Å². The number of Topliss-reactive ketones (excluding diaryl/α,β-unsaturated/α-hetero) is 2. The normalized spacial score (nSPS) is 14.4. The number of carbonyl (C=O) groups is 5. The highest BCUT2D eigenvalue weighted by molar-refractivity contribution is 6.00. The van der Waals surface area contributed by atoms with Gasteiger partial charge < -0.3 is 39.8 Å². The zero-order valence-corrected chi connectivity index (χ0v) is 41.4. The van der Waals surface area contributed by atoms with Crippen molar-refractivity contribution in [1.29, 1.82) is 0 Å². The molecule has 2 fully saturated rings. The molecule has 0 aliphatic carbocycles. The molecule has 4 aliphatic rings. The van der Waals surface area contributed by atoms with Crippen LogP contribution in [0, 0.1) is 0 Å². The number of rotatable bonds is 14. The Kier molecular flexibility index (Phi) is 16.6. The number of carbonyl (C=O) groups excluding carboxylic acids is 5. The van der Waals surface area contributed by atoms with Crippen molar-refractivity contribution in [3.05, 3.63) is 156 Å². The van der Waals surface area contributed by atoms with Gasteiger partial charge in [-0.15, -0.1) is 0 Å². The third-order valence-electron chi connectivity index (χ3n) is 13.5. The highest BCUT2D eigenvalue weighted by atomic mass is 19.3. The first-order chi connectivity index (χ1) is 36.5. The molecule has 4 heterocycles. The highest BCUT2D eigenvalue weighted by Crippen LogP contribution is 2.38. The second-order valence-electron chi connectivity index (χ2n) is 18.5. The number of halogens is 2. The molecule has 6 aromatic carbocycles. The molecule has 10 rings (SSSR count). The number of benzene rings is 6. The lowest BCUT2D eigenvalue weighted by atomic mass is 10.0. The third kappa shape index (κ3) is 12.7. The van der Waals surface area contributed by atoms with Gasteiger partial charge in [0, 0.05) is 48.7 Å². The third-order valence-corrected chi connectivity index (χ3v) is 13.5. The number of hydrogen-bond donors (Lipinski definition) is 2. The number of urea groups is 2. The molecule has 3 N–H and O–H groups in total. The van der Waals surface area contributed by atoms with E-state index in [0.29, 0.717) is 36.7 Å². The maximum Gasteiger partial charge on any atom is 0.324 e. The lowest BCUT2D eigenvalue weighted by molar-refractivity contribution is -0.131. The molecule has 6 aromatic rings. The molecule has 0 atom stereocenters. The van der Waals surface area contributed by atoms with Crippen molar-refractivity contribution in [1.82, 2.24) is 15.1 Å². The summed E-state index contributed by atoms with van der Waals surface area (Å²) < 4.78 is 46.6. The molecular weight excluding hydrogens is 963 g/mol.